The van der Waals surface area contributed by atoms with Gasteiger partial charge < -0.3 is 0 Å². The van der Waals surface area contributed by atoms with Crippen LogP contribution in [0, 0.1) is 0 Å². The molecular weight excluding hydrogens is 144 g/mol. The van der Waals surface area contributed by atoms with Crippen molar-refractivity contribution in [3.05, 3.63) is 28.0 Å². The third-order valence-corrected chi connectivity index (χ3v) is 1.92. The van der Waals surface area contributed by atoms with Gasteiger partial charge in [-0.25, -0.2) is 0 Å². The van der Waals surface area contributed by atoms with Crippen LogP contribution < -0.4 is 0 Å². The van der Waals surface area contributed by atoms with E-state index in [4.69, 9.17) is 0 Å². The van der Waals surface area contributed by atoms with Gasteiger partial charge in [0.1, 0.15) is 6.29 Å². The van der Waals surface area contributed by atoms with Gasteiger partial charge in [0.15, 0.2) is 0 Å². The van der Waals surface area contributed by atoms with Crippen LogP contribution in [0.2, 0.25) is 0 Å². The zero-order valence-corrected chi connectivity index (χ0v) is 6.52. The van der Waals surface area contributed by atoms with Crippen LogP contribution in [0.25, 0.3) is 6.08 Å². The van der Waals surface area contributed by atoms with Crippen LogP contribution in [-0.2, 0) is 4.79 Å². The van der Waals surface area contributed by atoms with Gasteiger partial charge in [0.05, 0.1) is 0 Å². The molecule has 0 unspecified atom stereocenters. The first-order chi connectivity index (χ1) is 4.83. The van der Waals surface area contributed by atoms with Gasteiger partial charge in [-0.2, -0.15) is 0 Å². The van der Waals surface area contributed by atoms with E-state index in [2.05, 4.69) is 0 Å². The van der Waals surface area contributed by atoms with Crippen LogP contribution >= 0.6 is 11.3 Å². The summed E-state index contributed by atoms with van der Waals surface area (Å²) in [6, 6.07) is 3.95. The highest BCUT2D eigenvalue weighted by Gasteiger charge is 1.87. The van der Waals surface area contributed by atoms with Crippen LogP contribution in [0.1, 0.15) is 11.8 Å². The van der Waals surface area contributed by atoms with Crippen LogP contribution in [-0.4, -0.2) is 6.29 Å². The van der Waals surface area contributed by atoms with Crippen molar-refractivity contribution in [1.82, 2.24) is 0 Å². The van der Waals surface area contributed by atoms with Crippen molar-refractivity contribution < 1.29 is 4.79 Å². The zero-order chi connectivity index (χ0) is 7.40. The highest BCUT2D eigenvalue weighted by Crippen LogP contribution is 2.11. The number of hydrogen-bond donors (Lipinski definition) is 0. The number of carbonyl (C=O) groups is 1. The Bertz CT molecular complexity index is 234. The maximum absolute atomic E-state index is 10.2. The van der Waals surface area contributed by atoms with E-state index in [9.17, 15) is 4.79 Å². The third kappa shape index (κ3) is 1.81. The molecule has 0 aliphatic rings. The average Bonchev–Trinajstić information content (AvgIpc) is 2.40. The molecule has 0 spiro atoms. The SMILES string of the molecule is CC(C=O)=Cc1cccs1. The van der Waals surface area contributed by atoms with E-state index < -0.39 is 0 Å². The van der Waals surface area contributed by atoms with E-state index in [0.717, 1.165) is 16.7 Å². The Morgan fingerprint density at radius 3 is 3.00 bits per heavy atom. The first-order valence-corrected chi connectivity index (χ1v) is 3.88. The maximum atomic E-state index is 10.2. The summed E-state index contributed by atoms with van der Waals surface area (Å²) in [6.45, 7) is 1.80. The molecule has 0 N–H and O–H groups in total. The highest BCUT2D eigenvalue weighted by molar-refractivity contribution is 7.10. The molecule has 10 heavy (non-hydrogen) atoms. The van der Waals surface area contributed by atoms with Crippen molar-refractivity contribution in [3.63, 3.8) is 0 Å². The standard InChI is InChI=1S/C8H8OS/c1-7(6-9)5-8-3-2-4-10-8/h2-6H,1H3. The Hall–Kier alpha value is -0.890. The van der Waals surface area contributed by atoms with Crippen molar-refractivity contribution in [3.8, 4) is 0 Å². The fraction of sp³-hybridized carbons (Fsp3) is 0.125. The van der Waals surface area contributed by atoms with Gasteiger partial charge in [-0.1, -0.05) is 6.07 Å². The first-order valence-electron chi connectivity index (χ1n) is 3.00. The van der Waals surface area contributed by atoms with Crippen molar-refractivity contribution >= 4 is 23.7 Å². The minimum Gasteiger partial charge on any atom is -0.298 e. The molecule has 1 heterocycles. The first kappa shape index (κ1) is 7.22. The molecule has 0 fully saturated rings. The highest BCUT2D eigenvalue weighted by atomic mass is 32.1. The maximum Gasteiger partial charge on any atom is 0.145 e. The molecule has 0 aromatic carbocycles. The summed E-state index contributed by atoms with van der Waals surface area (Å²) in [5.41, 5.74) is 0.766. The normalized spacial score (nSPS) is 11.5. The summed E-state index contributed by atoms with van der Waals surface area (Å²) >= 11 is 1.63. The lowest BCUT2D eigenvalue weighted by atomic mass is 10.3. The van der Waals surface area contributed by atoms with E-state index >= 15 is 0 Å². The van der Waals surface area contributed by atoms with Crippen LogP contribution in [0.5, 0.6) is 0 Å². The number of carbonyl (C=O) groups excluding carboxylic acids is 1. The van der Waals surface area contributed by atoms with E-state index in [-0.39, 0.29) is 0 Å². The van der Waals surface area contributed by atoms with Crippen molar-refractivity contribution in [1.29, 1.82) is 0 Å². The molecule has 0 amide bonds. The minimum absolute atomic E-state index is 0.766. The van der Waals surface area contributed by atoms with E-state index in [1.54, 1.807) is 18.3 Å². The lowest BCUT2D eigenvalue weighted by Crippen LogP contribution is -1.72. The molecule has 2 heteroatoms. The van der Waals surface area contributed by atoms with Crippen molar-refractivity contribution in [2.75, 3.05) is 0 Å². The summed E-state index contributed by atoms with van der Waals surface area (Å²) in [6.07, 6.45) is 2.73. The molecule has 0 atom stereocenters. The lowest BCUT2D eigenvalue weighted by molar-refractivity contribution is -0.104. The molecular formula is C8H8OS. The largest absolute Gasteiger partial charge is 0.298 e. The fourth-order valence-corrected chi connectivity index (χ4v) is 1.36. The molecule has 1 rings (SSSR count). The quantitative estimate of drug-likeness (QED) is 0.469. The summed E-state index contributed by atoms with van der Waals surface area (Å²) in [7, 11) is 0. The molecule has 0 bridgehead atoms. The number of thiophene rings is 1. The van der Waals surface area contributed by atoms with Crippen LogP contribution in [0.3, 0.4) is 0 Å². The second-order valence-corrected chi connectivity index (χ2v) is 3.00. The van der Waals surface area contributed by atoms with Crippen LogP contribution in [0.4, 0.5) is 0 Å². The molecule has 1 aromatic heterocycles. The molecule has 0 saturated heterocycles. The van der Waals surface area contributed by atoms with Gasteiger partial charge >= 0.3 is 0 Å². The molecule has 52 valence electrons. The summed E-state index contributed by atoms with van der Waals surface area (Å²) < 4.78 is 0. The van der Waals surface area contributed by atoms with E-state index in [0.29, 0.717) is 0 Å². The monoisotopic (exact) mass is 152 g/mol. The number of rotatable bonds is 2. The smallest absolute Gasteiger partial charge is 0.145 e. The number of hydrogen-bond acceptors (Lipinski definition) is 2. The Kier molecular flexibility index (Phi) is 2.40. The third-order valence-electron chi connectivity index (χ3n) is 1.10. The predicted octanol–water partition coefficient (Wildman–Crippen LogP) is 2.35. The van der Waals surface area contributed by atoms with Crippen LogP contribution in [0.15, 0.2) is 23.1 Å². The Morgan fingerprint density at radius 1 is 1.70 bits per heavy atom. The topological polar surface area (TPSA) is 17.1 Å². The molecule has 0 radical (unpaired) electrons. The second-order valence-electron chi connectivity index (χ2n) is 2.02. The Balaban J connectivity index is 2.80. The summed E-state index contributed by atoms with van der Waals surface area (Å²) in [5.74, 6) is 0. The minimum atomic E-state index is 0.766. The Labute approximate surface area is 64.0 Å². The molecule has 0 aliphatic heterocycles. The second kappa shape index (κ2) is 3.32. The lowest BCUT2D eigenvalue weighted by Gasteiger charge is -1.83. The molecule has 0 saturated carbocycles. The van der Waals surface area contributed by atoms with Gasteiger partial charge in [0.2, 0.25) is 0 Å². The predicted molar refractivity (Wildman–Crippen MR) is 44.0 cm³/mol. The molecule has 1 aromatic rings. The fourth-order valence-electron chi connectivity index (χ4n) is 0.632. The van der Waals surface area contributed by atoms with E-state index in [1.807, 2.05) is 23.6 Å². The van der Waals surface area contributed by atoms with Crippen molar-refractivity contribution in [2.45, 2.75) is 6.92 Å². The molecule has 1 nitrogen and oxygen atoms in total. The van der Waals surface area contributed by atoms with E-state index in [1.165, 1.54) is 0 Å². The van der Waals surface area contributed by atoms with Gasteiger partial charge in [-0.15, -0.1) is 11.3 Å². The van der Waals surface area contributed by atoms with Gasteiger partial charge in [0.25, 0.3) is 0 Å². The van der Waals surface area contributed by atoms with Gasteiger partial charge in [-0.05, 0) is 30.0 Å². The Morgan fingerprint density at radius 2 is 2.50 bits per heavy atom. The average molecular weight is 152 g/mol. The summed E-state index contributed by atoms with van der Waals surface area (Å²) in [5, 5.41) is 1.99. The zero-order valence-electron chi connectivity index (χ0n) is 5.70. The molecule has 0 aliphatic carbocycles. The summed E-state index contributed by atoms with van der Waals surface area (Å²) in [4.78, 5) is 11.3. The van der Waals surface area contributed by atoms with Gasteiger partial charge in [-0.3, -0.25) is 4.79 Å². The number of allylic oxidation sites excluding steroid dienone is 1. The number of aldehydes is 1. The van der Waals surface area contributed by atoms with Gasteiger partial charge in [0, 0.05) is 4.88 Å². The van der Waals surface area contributed by atoms with Crippen molar-refractivity contribution in [2.24, 2.45) is 0 Å².